The Hall–Kier alpha value is -2.21. The summed E-state index contributed by atoms with van der Waals surface area (Å²) in [7, 11) is 6.67. The fourth-order valence-electron chi connectivity index (χ4n) is 2.19. The molecule has 0 radical (unpaired) electrons. The van der Waals surface area contributed by atoms with Crippen molar-refractivity contribution in [1.82, 2.24) is 9.78 Å². The standard InChI is InChI=1S/C14H19N3O3/c1-17-14(15)9(7-16-17)13-10(8-18-2)11(19-3)5-6-12(13)20-4/h5-7H,8,15H2,1-4H3. The average molecular weight is 277 g/mol. The zero-order valence-corrected chi connectivity index (χ0v) is 12.1. The molecule has 1 aromatic heterocycles. The molecule has 0 atom stereocenters. The fourth-order valence-corrected chi connectivity index (χ4v) is 2.19. The number of hydrogen-bond acceptors (Lipinski definition) is 5. The number of anilines is 1. The Morgan fingerprint density at radius 1 is 1.15 bits per heavy atom. The lowest BCUT2D eigenvalue weighted by Gasteiger charge is -2.16. The molecule has 0 bridgehead atoms. The van der Waals surface area contributed by atoms with Gasteiger partial charge in [-0.05, 0) is 12.1 Å². The monoisotopic (exact) mass is 277 g/mol. The number of benzene rings is 1. The van der Waals surface area contributed by atoms with Gasteiger partial charge in [-0.1, -0.05) is 0 Å². The number of ether oxygens (including phenoxy) is 3. The molecular formula is C14H19N3O3. The summed E-state index contributed by atoms with van der Waals surface area (Å²) in [6.07, 6.45) is 1.71. The van der Waals surface area contributed by atoms with E-state index in [4.69, 9.17) is 19.9 Å². The van der Waals surface area contributed by atoms with Crippen LogP contribution in [0.5, 0.6) is 11.5 Å². The van der Waals surface area contributed by atoms with Crippen LogP contribution in [0.3, 0.4) is 0 Å². The minimum absolute atomic E-state index is 0.393. The summed E-state index contributed by atoms with van der Waals surface area (Å²) in [6, 6.07) is 3.70. The predicted molar refractivity (Wildman–Crippen MR) is 76.9 cm³/mol. The summed E-state index contributed by atoms with van der Waals surface area (Å²) in [4.78, 5) is 0. The van der Waals surface area contributed by atoms with Gasteiger partial charge >= 0.3 is 0 Å². The zero-order valence-electron chi connectivity index (χ0n) is 12.1. The molecule has 6 heteroatoms. The zero-order chi connectivity index (χ0) is 14.7. The van der Waals surface area contributed by atoms with E-state index >= 15 is 0 Å². The third-order valence-electron chi connectivity index (χ3n) is 3.21. The molecule has 2 aromatic rings. The van der Waals surface area contributed by atoms with Crippen LogP contribution in [0.2, 0.25) is 0 Å². The number of rotatable bonds is 5. The molecule has 0 fully saturated rings. The quantitative estimate of drug-likeness (QED) is 0.902. The lowest BCUT2D eigenvalue weighted by molar-refractivity contribution is 0.182. The van der Waals surface area contributed by atoms with Gasteiger partial charge < -0.3 is 19.9 Å². The highest BCUT2D eigenvalue weighted by molar-refractivity contribution is 5.82. The van der Waals surface area contributed by atoms with E-state index in [1.807, 2.05) is 12.1 Å². The molecule has 0 aliphatic carbocycles. The number of nitrogens with two attached hydrogens (primary N) is 1. The molecule has 0 amide bonds. The van der Waals surface area contributed by atoms with Gasteiger partial charge in [0.05, 0.1) is 27.0 Å². The van der Waals surface area contributed by atoms with Gasteiger partial charge in [0.1, 0.15) is 17.3 Å². The van der Waals surface area contributed by atoms with Gasteiger partial charge in [0, 0.05) is 30.8 Å². The van der Waals surface area contributed by atoms with E-state index in [-0.39, 0.29) is 0 Å². The number of nitrogens with zero attached hydrogens (tertiary/aromatic N) is 2. The van der Waals surface area contributed by atoms with Crippen LogP contribution in [0.25, 0.3) is 11.1 Å². The van der Waals surface area contributed by atoms with Crippen molar-refractivity contribution < 1.29 is 14.2 Å². The molecule has 0 aliphatic rings. The molecule has 108 valence electrons. The van der Waals surface area contributed by atoms with Crippen molar-refractivity contribution in [1.29, 1.82) is 0 Å². The molecule has 2 rings (SSSR count). The normalized spacial score (nSPS) is 10.6. The third kappa shape index (κ3) is 2.30. The van der Waals surface area contributed by atoms with E-state index in [9.17, 15) is 0 Å². The van der Waals surface area contributed by atoms with Crippen LogP contribution >= 0.6 is 0 Å². The largest absolute Gasteiger partial charge is 0.496 e. The van der Waals surface area contributed by atoms with E-state index in [0.29, 0.717) is 18.2 Å². The van der Waals surface area contributed by atoms with Crippen LogP contribution in [0.4, 0.5) is 5.82 Å². The van der Waals surface area contributed by atoms with Crippen molar-refractivity contribution in [3.63, 3.8) is 0 Å². The number of methoxy groups -OCH3 is 3. The maximum Gasteiger partial charge on any atom is 0.129 e. The van der Waals surface area contributed by atoms with Gasteiger partial charge in [-0.15, -0.1) is 0 Å². The van der Waals surface area contributed by atoms with E-state index < -0.39 is 0 Å². The topological polar surface area (TPSA) is 71.5 Å². The highest BCUT2D eigenvalue weighted by atomic mass is 16.5. The molecule has 2 N–H and O–H groups in total. The fraction of sp³-hybridized carbons (Fsp3) is 0.357. The van der Waals surface area contributed by atoms with E-state index in [1.165, 1.54) is 0 Å². The van der Waals surface area contributed by atoms with Crippen molar-refractivity contribution in [3.05, 3.63) is 23.9 Å². The van der Waals surface area contributed by atoms with Gasteiger partial charge in [-0.2, -0.15) is 5.10 Å². The van der Waals surface area contributed by atoms with Gasteiger partial charge in [-0.25, -0.2) is 0 Å². The third-order valence-corrected chi connectivity index (χ3v) is 3.21. The lowest BCUT2D eigenvalue weighted by Crippen LogP contribution is -2.02. The number of hydrogen-bond donors (Lipinski definition) is 1. The molecule has 6 nitrogen and oxygen atoms in total. The Bertz CT molecular complexity index is 608. The molecule has 0 aliphatic heterocycles. The Labute approximate surface area is 118 Å². The first kappa shape index (κ1) is 14.2. The summed E-state index contributed by atoms with van der Waals surface area (Å²) in [5, 5.41) is 4.18. The molecule has 0 saturated carbocycles. The molecule has 0 spiro atoms. The van der Waals surface area contributed by atoms with Crippen molar-refractivity contribution in [2.24, 2.45) is 7.05 Å². The smallest absolute Gasteiger partial charge is 0.129 e. The average Bonchev–Trinajstić information content (AvgIpc) is 2.79. The Balaban J connectivity index is 2.73. The van der Waals surface area contributed by atoms with Crippen molar-refractivity contribution >= 4 is 5.82 Å². The summed E-state index contributed by atoms with van der Waals surface area (Å²) in [5.41, 5.74) is 8.61. The van der Waals surface area contributed by atoms with Crippen LogP contribution in [-0.2, 0) is 18.4 Å². The summed E-state index contributed by atoms with van der Waals surface area (Å²) in [6.45, 7) is 0.393. The van der Waals surface area contributed by atoms with E-state index in [2.05, 4.69) is 5.10 Å². The van der Waals surface area contributed by atoms with Crippen molar-refractivity contribution in [2.75, 3.05) is 27.1 Å². The SMILES string of the molecule is COCc1c(OC)ccc(OC)c1-c1cnn(C)c1N. The Morgan fingerprint density at radius 2 is 1.80 bits per heavy atom. The summed E-state index contributed by atoms with van der Waals surface area (Å²) < 4.78 is 17.7. The Kier molecular flexibility index (Phi) is 4.14. The summed E-state index contributed by atoms with van der Waals surface area (Å²) in [5.74, 6) is 2.00. The van der Waals surface area contributed by atoms with Gasteiger partial charge in [-0.3, -0.25) is 4.68 Å². The highest BCUT2D eigenvalue weighted by Gasteiger charge is 2.20. The van der Waals surface area contributed by atoms with Gasteiger partial charge in [0.25, 0.3) is 0 Å². The number of aryl methyl sites for hydroxylation is 1. The molecule has 0 unspecified atom stereocenters. The molecule has 1 heterocycles. The Morgan fingerprint density at radius 3 is 2.30 bits per heavy atom. The molecule has 0 saturated heterocycles. The summed E-state index contributed by atoms with van der Waals surface area (Å²) >= 11 is 0. The van der Waals surface area contributed by atoms with E-state index in [1.54, 1.807) is 39.3 Å². The van der Waals surface area contributed by atoms with Gasteiger partial charge in [0.15, 0.2) is 0 Å². The van der Waals surface area contributed by atoms with E-state index in [0.717, 1.165) is 22.4 Å². The van der Waals surface area contributed by atoms with Crippen LogP contribution in [0.1, 0.15) is 5.56 Å². The van der Waals surface area contributed by atoms with Crippen LogP contribution < -0.4 is 15.2 Å². The minimum atomic E-state index is 0.393. The number of nitrogen functional groups attached to an aromatic ring is 1. The molecule has 1 aromatic carbocycles. The molecular weight excluding hydrogens is 258 g/mol. The van der Waals surface area contributed by atoms with Crippen LogP contribution in [0, 0.1) is 0 Å². The second-order valence-electron chi connectivity index (χ2n) is 4.32. The molecule has 20 heavy (non-hydrogen) atoms. The highest BCUT2D eigenvalue weighted by Crippen LogP contribution is 2.41. The predicted octanol–water partition coefficient (Wildman–Crippen LogP) is 1.83. The van der Waals surface area contributed by atoms with Gasteiger partial charge in [0.2, 0.25) is 0 Å². The van der Waals surface area contributed by atoms with Crippen LogP contribution in [-0.4, -0.2) is 31.1 Å². The maximum absolute atomic E-state index is 6.08. The maximum atomic E-state index is 6.08. The second kappa shape index (κ2) is 5.83. The first-order chi connectivity index (χ1) is 9.63. The second-order valence-corrected chi connectivity index (χ2v) is 4.32. The van der Waals surface area contributed by atoms with Crippen molar-refractivity contribution in [3.8, 4) is 22.6 Å². The number of aromatic nitrogens is 2. The van der Waals surface area contributed by atoms with Crippen LogP contribution in [0.15, 0.2) is 18.3 Å². The lowest BCUT2D eigenvalue weighted by atomic mass is 9.99. The van der Waals surface area contributed by atoms with Crippen molar-refractivity contribution in [2.45, 2.75) is 6.61 Å². The first-order valence-corrected chi connectivity index (χ1v) is 6.14. The first-order valence-electron chi connectivity index (χ1n) is 6.14. The minimum Gasteiger partial charge on any atom is -0.496 e.